The second kappa shape index (κ2) is 9.55. The summed E-state index contributed by atoms with van der Waals surface area (Å²) in [5, 5.41) is 6.84. The molecule has 0 radical (unpaired) electrons. The standard InChI is InChI=1S/C19H18N5O6PS/c20-19-15(2-1-6-24(19)12-29-31(25,26)27)16-9-14(23-30-16)8-13-3-4-17(22-10-13)28-11-18-21-5-7-32-18/h1-7,9-10,20H,8,11-12H2,(H2,25,26,27)/p+1. The number of nitrogens with zero attached hydrogens (tertiary/aromatic N) is 4. The van der Waals surface area contributed by atoms with Crippen LogP contribution in [0.4, 0.5) is 5.82 Å². The quantitative estimate of drug-likeness (QED) is 0.242. The molecule has 13 heteroatoms. The topological polar surface area (TPSA) is 158 Å². The number of anilines is 1. The van der Waals surface area contributed by atoms with E-state index in [1.165, 1.54) is 22.1 Å². The molecule has 4 heterocycles. The van der Waals surface area contributed by atoms with Gasteiger partial charge in [0.2, 0.25) is 12.6 Å². The third-order valence-corrected chi connectivity index (χ3v) is 5.52. The molecule has 0 atom stereocenters. The van der Waals surface area contributed by atoms with Crippen LogP contribution in [0.1, 0.15) is 16.3 Å². The molecule has 0 aliphatic rings. The number of hydrogen-bond donors (Lipinski definition) is 3. The van der Waals surface area contributed by atoms with Crippen LogP contribution in [0.25, 0.3) is 11.3 Å². The zero-order valence-electron chi connectivity index (χ0n) is 16.6. The Kier molecular flexibility index (Phi) is 6.58. The van der Waals surface area contributed by atoms with Gasteiger partial charge in [0.1, 0.15) is 17.2 Å². The van der Waals surface area contributed by atoms with Gasteiger partial charge >= 0.3 is 7.82 Å². The van der Waals surface area contributed by atoms with Crippen molar-refractivity contribution >= 4 is 25.0 Å². The van der Waals surface area contributed by atoms with Gasteiger partial charge < -0.3 is 19.0 Å². The maximum atomic E-state index is 10.9. The molecule has 0 unspecified atom stereocenters. The number of nitrogen functional groups attached to an aromatic ring is 1. The van der Waals surface area contributed by atoms with Crippen LogP contribution in [0.5, 0.6) is 5.88 Å². The van der Waals surface area contributed by atoms with Crippen molar-refractivity contribution in [3.8, 4) is 17.2 Å². The zero-order valence-corrected chi connectivity index (χ0v) is 18.3. The van der Waals surface area contributed by atoms with E-state index in [0.717, 1.165) is 10.6 Å². The van der Waals surface area contributed by atoms with Crippen LogP contribution in [0.15, 0.2) is 58.8 Å². The normalized spacial score (nSPS) is 11.6. The van der Waals surface area contributed by atoms with E-state index in [1.807, 2.05) is 11.4 Å². The van der Waals surface area contributed by atoms with E-state index in [4.69, 9.17) is 24.8 Å². The second-order valence-electron chi connectivity index (χ2n) is 6.60. The molecule has 11 nitrogen and oxygen atoms in total. The van der Waals surface area contributed by atoms with Crippen LogP contribution in [-0.2, 0) is 28.8 Å². The maximum Gasteiger partial charge on any atom is 0.472 e. The molecule has 0 aromatic carbocycles. The summed E-state index contributed by atoms with van der Waals surface area (Å²) in [7, 11) is -4.62. The summed E-state index contributed by atoms with van der Waals surface area (Å²) < 4.78 is 27.8. The minimum Gasteiger partial charge on any atom is -0.470 e. The van der Waals surface area contributed by atoms with Crippen LogP contribution in [0, 0.1) is 0 Å². The summed E-state index contributed by atoms with van der Waals surface area (Å²) in [6.07, 6.45) is 5.45. The van der Waals surface area contributed by atoms with Crippen LogP contribution in [0.2, 0.25) is 0 Å². The number of hydrogen-bond acceptors (Lipinski definition) is 9. The molecule has 0 amide bonds. The third kappa shape index (κ3) is 5.75. The first kappa shape index (κ1) is 22.1. The highest BCUT2D eigenvalue weighted by molar-refractivity contribution is 7.46. The van der Waals surface area contributed by atoms with Crippen molar-refractivity contribution in [3.05, 3.63) is 70.6 Å². The van der Waals surface area contributed by atoms with Crippen molar-refractivity contribution in [2.24, 2.45) is 0 Å². The molecule has 0 bridgehead atoms. The molecule has 4 aromatic rings. The van der Waals surface area contributed by atoms with Gasteiger partial charge in [-0.1, -0.05) is 11.2 Å². The molecule has 32 heavy (non-hydrogen) atoms. The average molecular weight is 476 g/mol. The highest BCUT2D eigenvalue weighted by atomic mass is 32.1. The van der Waals surface area contributed by atoms with E-state index < -0.39 is 14.6 Å². The SMILES string of the molecule is Nc1c(-c2cc(Cc3ccc(OCc4nccs4)nc3)no2)ccc[n+]1COP(=O)(O)O. The third-order valence-electron chi connectivity index (χ3n) is 4.31. The van der Waals surface area contributed by atoms with Gasteiger partial charge in [-0.2, -0.15) is 0 Å². The van der Waals surface area contributed by atoms with Crippen molar-refractivity contribution in [2.45, 2.75) is 19.8 Å². The number of phosphoric ester groups is 1. The van der Waals surface area contributed by atoms with Crippen molar-refractivity contribution in [3.63, 3.8) is 0 Å². The summed E-state index contributed by atoms with van der Waals surface area (Å²) in [6.45, 7) is -0.0397. The fourth-order valence-electron chi connectivity index (χ4n) is 2.81. The van der Waals surface area contributed by atoms with Crippen molar-refractivity contribution < 1.29 is 32.7 Å². The Morgan fingerprint density at radius 2 is 2.12 bits per heavy atom. The van der Waals surface area contributed by atoms with Crippen molar-refractivity contribution in [1.82, 2.24) is 15.1 Å². The number of thiazole rings is 1. The molecule has 166 valence electrons. The van der Waals surface area contributed by atoms with Crippen molar-refractivity contribution in [2.75, 3.05) is 5.73 Å². The molecule has 0 aliphatic heterocycles. The molecule has 0 aliphatic carbocycles. The number of ether oxygens (including phenoxy) is 1. The van der Waals surface area contributed by atoms with E-state index in [1.54, 1.807) is 36.7 Å². The van der Waals surface area contributed by atoms with Crippen LogP contribution >= 0.6 is 19.2 Å². The predicted molar refractivity (Wildman–Crippen MR) is 113 cm³/mol. The maximum absolute atomic E-state index is 10.9. The lowest BCUT2D eigenvalue weighted by Gasteiger charge is -2.07. The van der Waals surface area contributed by atoms with Gasteiger partial charge in [0.25, 0.3) is 5.82 Å². The Morgan fingerprint density at radius 3 is 2.84 bits per heavy atom. The first-order valence-electron chi connectivity index (χ1n) is 9.27. The first-order chi connectivity index (χ1) is 15.4. The Balaban J connectivity index is 1.41. The van der Waals surface area contributed by atoms with E-state index in [9.17, 15) is 4.57 Å². The largest absolute Gasteiger partial charge is 0.472 e. The number of phosphoric acid groups is 1. The molecule has 0 saturated carbocycles. The van der Waals surface area contributed by atoms with E-state index >= 15 is 0 Å². The fraction of sp³-hybridized carbons (Fsp3) is 0.158. The lowest BCUT2D eigenvalue weighted by molar-refractivity contribution is -0.711. The molecule has 4 rings (SSSR count). The van der Waals surface area contributed by atoms with Crippen LogP contribution < -0.4 is 15.0 Å². The van der Waals surface area contributed by atoms with E-state index in [0.29, 0.717) is 35.9 Å². The van der Waals surface area contributed by atoms with Gasteiger partial charge in [-0.15, -0.1) is 11.3 Å². The van der Waals surface area contributed by atoms with Crippen LogP contribution in [-0.4, -0.2) is 24.9 Å². The average Bonchev–Trinajstić information content (AvgIpc) is 3.44. The Hall–Kier alpha value is -3.15. The molecule has 0 fully saturated rings. The Labute approximate surface area is 186 Å². The summed E-state index contributed by atoms with van der Waals surface area (Å²) in [4.78, 5) is 26.2. The Bertz CT molecular complexity index is 1230. The monoisotopic (exact) mass is 476 g/mol. The number of aromatic nitrogens is 4. The number of rotatable bonds is 9. The van der Waals surface area contributed by atoms with Gasteiger partial charge in [0, 0.05) is 36.3 Å². The van der Waals surface area contributed by atoms with Gasteiger partial charge in [-0.25, -0.2) is 23.6 Å². The minimum absolute atomic E-state index is 0.215. The smallest absolute Gasteiger partial charge is 0.470 e. The van der Waals surface area contributed by atoms with Crippen LogP contribution in [0.3, 0.4) is 0 Å². The highest BCUT2D eigenvalue weighted by Gasteiger charge is 2.20. The minimum atomic E-state index is -4.62. The van der Waals surface area contributed by atoms with Gasteiger partial charge in [-0.3, -0.25) is 5.73 Å². The molecule has 0 saturated heterocycles. The number of pyridine rings is 2. The molecule has 4 N–H and O–H groups in total. The summed E-state index contributed by atoms with van der Waals surface area (Å²) in [5.74, 6) is 1.13. The first-order valence-corrected chi connectivity index (χ1v) is 11.7. The molecule has 4 aromatic heterocycles. The van der Waals surface area contributed by atoms with Gasteiger partial charge in [-0.05, 0) is 17.7 Å². The summed E-state index contributed by atoms with van der Waals surface area (Å²) in [5.41, 5.74) is 8.20. The molecular weight excluding hydrogens is 457 g/mol. The fourth-order valence-corrected chi connectivity index (χ4v) is 3.62. The zero-order chi connectivity index (χ0) is 22.6. The van der Waals surface area contributed by atoms with Crippen molar-refractivity contribution in [1.29, 1.82) is 0 Å². The lowest BCUT2D eigenvalue weighted by atomic mass is 10.1. The number of nitrogens with two attached hydrogens (primary N) is 1. The van der Waals surface area contributed by atoms with Gasteiger partial charge in [0.15, 0.2) is 5.76 Å². The molecule has 0 spiro atoms. The summed E-state index contributed by atoms with van der Waals surface area (Å²) in [6, 6.07) is 8.79. The Morgan fingerprint density at radius 1 is 1.25 bits per heavy atom. The second-order valence-corrected chi connectivity index (χ2v) is 8.82. The lowest BCUT2D eigenvalue weighted by Crippen LogP contribution is -2.38. The highest BCUT2D eigenvalue weighted by Crippen LogP contribution is 2.35. The van der Waals surface area contributed by atoms with E-state index in [-0.39, 0.29) is 5.82 Å². The van der Waals surface area contributed by atoms with Gasteiger partial charge in [0.05, 0.1) is 11.9 Å². The molecular formula is C19H19N5O6PS+. The predicted octanol–water partition coefficient (Wildman–Crippen LogP) is 2.30. The summed E-state index contributed by atoms with van der Waals surface area (Å²) >= 11 is 1.52. The van der Waals surface area contributed by atoms with E-state index in [2.05, 4.69) is 19.6 Å².